The summed E-state index contributed by atoms with van der Waals surface area (Å²) in [6.07, 6.45) is 5.22. The van der Waals surface area contributed by atoms with Gasteiger partial charge in [-0.05, 0) is 50.2 Å². The number of H-pyrrole nitrogens is 1. The molecule has 2 N–H and O–H groups in total. The molecule has 2 fully saturated rings. The Morgan fingerprint density at radius 2 is 2.15 bits per heavy atom. The lowest BCUT2D eigenvalue weighted by molar-refractivity contribution is -0.00409. The lowest BCUT2D eigenvalue weighted by Gasteiger charge is -2.33. The molecule has 2 saturated carbocycles. The van der Waals surface area contributed by atoms with Gasteiger partial charge in [0.2, 0.25) is 0 Å². The summed E-state index contributed by atoms with van der Waals surface area (Å²) in [5.74, 6) is 0.239. The van der Waals surface area contributed by atoms with Crippen LogP contribution in [0.4, 0.5) is 0 Å². The summed E-state index contributed by atoms with van der Waals surface area (Å²) in [5, 5.41) is 15.1. The summed E-state index contributed by atoms with van der Waals surface area (Å²) in [6, 6.07) is 0. The molecule has 20 heavy (non-hydrogen) atoms. The standard InChI is InChI=1S/C12H16Cl3N3OS/c13-10(3-4-10)11(19,2-1-8-5-12(8,14)15)6-18-9(20)16-7-17-18/h7-8,19H,1-6H2,(H,16,17,20). The molecule has 0 spiro atoms. The zero-order chi connectivity index (χ0) is 14.6. The highest BCUT2D eigenvalue weighted by Gasteiger charge is 2.59. The number of rotatable bonds is 6. The molecule has 1 aromatic heterocycles. The van der Waals surface area contributed by atoms with Crippen molar-refractivity contribution in [1.82, 2.24) is 14.8 Å². The predicted octanol–water partition coefficient (Wildman–Crippen LogP) is 3.42. The lowest BCUT2D eigenvalue weighted by Crippen LogP contribution is -2.45. The van der Waals surface area contributed by atoms with Crippen LogP contribution in [0.5, 0.6) is 0 Å². The Morgan fingerprint density at radius 1 is 1.50 bits per heavy atom. The van der Waals surface area contributed by atoms with Crippen LogP contribution in [-0.4, -0.2) is 34.7 Å². The molecule has 0 aromatic carbocycles. The normalized spacial score (nSPS) is 28.9. The Morgan fingerprint density at radius 3 is 2.60 bits per heavy atom. The molecule has 112 valence electrons. The third-order valence-corrected chi connectivity index (χ3v) is 6.40. The molecule has 3 rings (SSSR count). The first kappa shape index (κ1) is 15.1. The van der Waals surface area contributed by atoms with Crippen LogP contribution in [0.1, 0.15) is 32.1 Å². The molecule has 1 heterocycles. The number of hydrogen-bond acceptors (Lipinski definition) is 3. The van der Waals surface area contributed by atoms with E-state index in [0.717, 1.165) is 25.7 Å². The van der Waals surface area contributed by atoms with Crippen molar-refractivity contribution in [3.8, 4) is 0 Å². The van der Waals surface area contributed by atoms with E-state index >= 15 is 0 Å². The van der Waals surface area contributed by atoms with E-state index < -0.39 is 14.8 Å². The second-order valence-corrected chi connectivity index (χ2v) is 8.60. The van der Waals surface area contributed by atoms with Crippen molar-refractivity contribution in [1.29, 1.82) is 0 Å². The largest absolute Gasteiger partial charge is 0.386 e. The molecule has 0 bridgehead atoms. The van der Waals surface area contributed by atoms with Crippen LogP contribution in [0, 0.1) is 10.7 Å². The summed E-state index contributed by atoms with van der Waals surface area (Å²) in [6.45, 7) is 0.295. The van der Waals surface area contributed by atoms with E-state index in [9.17, 15) is 5.11 Å². The van der Waals surface area contributed by atoms with Gasteiger partial charge >= 0.3 is 0 Å². The zero-order valence-electron chi connectivity index (χ0n) is 10.8. The molecule has 2 aliphatic rings. The van der Waals surface area contributed by atoms with Gasteiger partial charge in [0, 0.05) is 0 Å². The maximum Gasteiger partial charge on any atom is 0.195 e. The van der Waals surface area contributed by atoms with Crippen molar-refractivity contribution in [2.45, 2.75) is 53.5 Å². The predicted molar refractivity (Wildman–Crippen MR) is 82.0 cm³/mol. The van der Waals surface area contributed by atoms with E-state index in [1.54, 1.807) is 4.68 Å². The second kappa shape index (κ2) is 4.85. The molecule has 2 aliphatic carbocycles. The summed E-state index contributed by atoms with van der Waals surface area (Å²) in [4.78, 5) is 2.25. The van der Waals surface area contributed by atoms with Gasteiger partial charge in [0.1, 0.15) is 16.3 Å². The lowest BCUT2D eigenvalue weighted by atomic mass is 9.90. The molecule has 2 unspecified atom stereocenters. The minimum atomic E-state index is -1.03. The van der Waals surface area contributed by atoms with E-state index in [-0.39, 0.29) is 5.92 Å². The minimum absolute atomic E-state index is 0.239. The molecule has 1 aromatic rings. The fourth-order valence-corrected chi connectivity index (χ4v) is 3.66. The van der Waals surface area contributed by atoms with Crippen molar-refractivity contribution in [2.24, 2.45) is 5.92 Å². The Bertz CT molecular complexity index is 568. The van der Waals surface area contributed by atoms with E-state index in [0.29, 0.717) is 17.7 Å². The zero-order valence-corrected chi connectivity index (χ0v) is 13.9. The van der Waals surface area contributed by atoms with Crippen LogP contribution in [0.3, 0.4) is 0 Å². The Kier molecular flexibility index (Phi) is 3.66. The van der Waals surface area contributed by atoms with Crippen molar-refractivity contribution < 1.29 is 5.11 Å². The number of alkyl halides is 3. The maximum atomic E-state index is 11.0. The first-order valence-electron chi connectivity index (χ1n) is 6.65. The maximum absolute atomic E-state index is 11.0. The smallest absolute Gasteiger partial charge is 0.195 e. The van der Waals surface area contributed by atoms with Gasteiger partial charge in [-0.2, -0.15) is 5.10 Å². The van der Waals surface area contributed by atoms with Gasteiger partial charge < -0.3 is 10.1 Å². The number of nitrogens with one attached hydrogen (secondary N) is 1. The molecular formula is C12H16Cl3N3OS. The van der Waals surface area contributed by atoms with Crippen LogP contribution in [0.25, 0.3) is 0 Å². The number of halogens is 3. The number of aliphatic hydroxyl groups is 1. The van der Waals surface area contributed by atoms with Gasteiger partial charge in [-0.15, -0.1) is 34.8 Å². The fourth-order valence-electron chi connectivity index (χ4n) is 2.66. The van der Waals surface area contributed by atoms with Crippen LogP contribution in [-0.2, 0) is 6.54 Å². The first-order chi connectivity index (χ1) is 9.26. The summed E-state index contributed by atoms with van der Waals surface area (Å²) < 4.78 is 1.45. The molecule has 0 radical (unpaired) electrons. The van der Waals surface area contributed by atoms with Crippen molar-refractivity contribution in [3.63, 3.8) is 0 Å². The van der Waals surface area contributed by atoms with E-state index in [4.69, 9.17) is 47.0 Å². The molecule has 0 amide bonds. The minimum Gasteiger partial charge on any atom is -0.386 e. The molecule has 0 saturated heterocycles. The Labute approximate surface area is 137 Å². The van der Waals surface area contributed by atoms with Crippen molar-refractivity contribution in [3.05, 3.63) is 11.1 Å². The molecular weight excluding hydrogens is 341 g/mol. The summed E-state index contributed by atoms with van der Waals surface area (Å²) in [5.41, 5.74) is -1.03. The average Bonchev–Trinajstić information content (AvgIpc) is 3.20. The van der Waals surface area contributed by atoms with Crippen LogP contribution in [0.15, 0.2) is 6.33 Å². The van der Waals surface area contributed by atoms with Gasteiger partial charge in [-0.3, -0.25) is 0 Å². The van der Waals surface area contributed by atoms with Crippen LogP contribution in [0.2, 0.25) is 0 Å². The summed E-state index contributed by atoms with van der Waals surface area (Å²) in [7, 11) is 0. The third kappa shape index (κ3) is 2.75. The second-order valence-electron chi connectivity index (χ2n) is 5.95. The van der Waals surface area contributed by atoms with Crippen LogP contribution < -0.4 is 0 Å². The number of aromatic amines is 1. The number of aromatic nitrogens is 3. The quantitative estimate of drug-likeness (QED) is 0.606. The SMILES string of the molecule is OC(CCC1CC1(Cl)Cl)(Cn1nc[nH]c1=S)C1(Cl)CC1. The van der Waals surface area contributed by atoms with Crippen molar-refractivity contribution >= 4 is 47.0 Å². The molecule has 0 aliphatic heterocycles. The molecule has 4 nitrogen and oxygen atoms in total. The van der Waals surface area contributed by atoms with E-state index in [1.165, 1.54) is 6.33 Å². The molecule has 8 heteroatoms. The monoisotopic (exact) mass is 355 g/mol. The van der Waals surface area contributed by atoms with Gasteiger partial charge in [0.25, 0.3) is 0 Å². The number of nitrogens with zero attached hydrogens (tertiary/aromatic N) is 2. The topological polar surface area (TPSA) is 53.8 Å². The fraction of sp³-hybridized carbons (Fsp3) is 0.833. The van der Waals surface area contributed by atoms with Gasteiger partial charge in [-0.25, -0.2) is 4.68 Å². The van der Waals surface area contributed by atoms with Gasteiger partial charge in [-0.1, -0.05) is 0 Å². The van der Waals surface area contributed by atoms with Gasteiger partial charge in [0.05, 0.1) is 11.4 Å². The third-order valence-electron chi connectivity index (χ3n) is 4.42. The highest BCUT2D eigenvalue weighted by molar-refractivity contribution is 7.71. The number of hydrogen-bond donors (Lipinski definition) is 2. The van der Waals surface area contributed by atoms with E-state index in [2.05, 4.69) is 10.1 Å². The Hall–Kier alpha value is 0.190. The van der Waals surface area contributed by atoms with Crippen molar-refractivity contribution in [2.75, 3.05) is 0 Å². The average molecular weight is 357 g/mol. The van der Waals surface area contributed by atoms with Crippen LogP contribution >= 0.6 is 47.0 Å². The molecule has 2 atom stereocenters. The Balaban J connectivity index is 1.72. The highest BCUT2D eigenvalue weighted by atomic mass is 35.5. The highest BCUT2D eigenvalue weighted by Crippen LogP contribution is 2.58. The van der Waals surface area contributed by atoms with Gasteiger partial charge in [0.15, 0.2) is 4.77 Å². The summed E-state index contributed by atoms with van der Waals surface area (Å²) >= 11 is 23.7. The first-order valence-corrected chi connectivity index (χ1v) is 8.20. The van der Waals surface area contributed by atoms with E-state index in [1.807, 2.05) is 0 Å².